The summed E-state index contributed by atoms with van der Waals surface area (Å²) in [4.78, 5) is 12.6. The molecule has 1 aromatic heterocycles. The van der Waals surface area contributed by atoms with Crippen molar-refractivity contribution >= 4 is 11.8 Å². The van der Waals surface area contributed by atoms with Gasteiger partial charge in [-0.3, -0.25) is 10.1 Å². The smallest absolute Gasteiger partial charge is 0.234 e. The minimum Gasteiger partial charge on any atom is -0.338 e. The third-order valence-electron chi connectivity index (χ3n) is 4.07. The number of aromatic nitrogens is 1. The van der Waals surface area contributed by atoms with E-state index >= 15 is 0 Å². The quantitative estimate of drug-likeness (QED) is 0.877. The van der Waals surface area contributed by atoms with Crippen molar-refractivity contribution in [2.75, 3.05) is 18.4 Å². The Kier molecular flexibility index (Phi) is 4.24. The van der Waals surface area contributed by atoms with Gasteiger partial charge in [-0.2, -0.15) is 0 Å². The van der Waals surface area contributed by atoms with Gasteiger partial charge in [-0.25, -0.2) is 0 Å². The first kappa shape index (κ1) is 14.1. The van der Waals surface area contributed by atoms with Gasteiger partial charge < -0.3 is 9.84 Å². The number of nitrogens with zero attached hydrogens (tertiary/aromatic N) is 1. The normalized spacial score (nSPS) is 23.3. The van der Waals surface area contributed by atoms with Crippen molar-refractivity contribution in [1.29, 1.82) is 0 Å². The lowest BCUT2D eigenvalue weighted by molar-refractivity contribution is -0.127. The zero-order valence-electron chi connectivity index (χ0n) is 12.0. The van der Waals surface area contributed by atoms with Crippen LogP contribution in [0.25, 0.3) is 0 Å². The van der Waals surface area contributed by atoms with Gasteiger partial charge in [-0.15, -0.1) is 0 Å². The minimum atomic E-state index is -0.305. The molecule has 5 heteroatoms. The molecule has 106 valence electrons. The van der Waals surface area contributed by atoms with Crippen LogP contribution in [0.2, 0.25) is 0 Å². The number of amides is 1. The molecule has 0 aliphatic carbocycles. The van der Waals surface area contributed by atoms with Crippen LogP contribution in [-0.4, -0.2) is 24.2 Å². The Bertz CT molecular complexity index is 442. The Morgan fingerprint density at radius 3 is 2.84 bits per heavy atom. The molecule has 1 fully saturated rings. The fourth-order valence-electron chi connectivity index (χ4n) is 2.73. The molecule has 5 nitrogen and oxygen atoms in total. The van der Waals surface area contributed by atoms with Crippen molar-refractivity contribution in [2.24, 2.45) is 5.41 Å². The Morgan fingerprint density at radius 2 is 2.32 bits per heavy atom. The molecular weight excluding hydrogens is 242 g/mol. The molecular formula is C14H23N3O2. The number of nitrogens with one attached hydrogen (secondary N) is 2. The molecule has 0 radical (unpaired) electrons. The van der Waals surface area contributed by atoms with Crippen LogP contribution in [0.15, 0.2) is 4.52 Å². The highest BCUT2D eigenvalue weighted by molar-refractivity contribution is 5.95. The van der Waals surface area contributed by atoms with Gasteiger partial charge in [0, 0.05) is 12.1 Å². The summed E-state index contributed by atoms with van der Waals surface area (Å²) >= 11 is 0. The first-order valence-corrected chi connectivity index (χ1v) is 7.04. The van der Waals surface area contributed by atoms with Crippen molar-refractivity contribution < 1.29 is 9.32 Å². The number of carbonyl (C=O) groups is 1. The summed E-state index contributed by atoms with van der Waals surface area (Å²) in [5.41, 5.74) is 1.42. The maximum atomic E-state index is 12.6. The summed E-state index contributed by atoms with van der Waals surface area (Å²) in [5, 5.41) is 10.1. The van der Waals surface area contributed by atoms with Crippen molar-refractivity contribution in [3.8, 4) is 0 Å². The molecule has 1 aliphatic rings. The lowest BCUT2D eigenvalue weighted by Crippen LogP contribution is -2.48. The highest BCUT2D eigenvalue weighted by Crippen LogP contribution is 2.33. The van der Waals surface area contributed by atoms with E-state index in [2.05, 4.69) is 22.7 Å². The Balaban J connectivity index is 2.13. The van der Waals surface area contributed by atoms with Gasteiger partial charge in [-0.1, -0.05) is 18.5 Å². The van der Waals surface area contributed by atoms with Crippen molar-refractivity contribution in [2.45, 2.75) is 46.5 Å². The van der Waals surface area contributed by atoms with E-state index in [1.807, 2.05) is 13.8 Å². The minimum absolute atomic E-state index is 0.0563. The first-order chi connectivity index (χ1) is 9.09. The highest BCUT2D eigenvalue weighted by atomic mass is 16.5. The zero-order chi connectivity index (χ0) is 13.9. The second-order valence-corrected chi connectivity index (χ2v) is 5.49. The molecule has 0 saturated carbocycles. The van der Waals surface area contributed by atoms with E-state index in [4.69, 9.17) is 4.52 Å². The van der Waals surface area contributed by atoms with Crippen LogP contribution in [0.1, 0.15) is 43.9 Å². The Labute approximate surface area is 114 Å². The van der Waals surface area contributed by atoms with Crippen molar-refractivity contribution in [1.82, 2.24) is 10.5 Å². The van der Waals surface area contributed by atoms with Crippen LogP contribution in [0.3, 0.4) is 0 Å². The van der Waals surface area contributed by atoms with Crippen LogP contribution < -0.4 is 10.6 Å². The lowest BCUT2D eigenvalue weighted by atomic mass is 9.76. The second kappa shape index (κ2) is 5.74. The van der Waals surface area contributed by atoms with E-state index < -0.39 is 0 Å². The first-order valence-electron chi connectivity index (χ1n) is 7.04. The van der Waals surface area contributed by atoms with E-state index in [-0.39, 0.29) is 11.3 Å². The number of hydrogen-bond acceptors (Lipinski definition) is 4. The zero-order valence-corrected chi connectivity index (χ0v) is 12.0. The van der Waals surface area contributed by atoms with Crippen LogP contribution >= 0.6 is 0 Å². The molecule has 1 aliphatic heterocycles. The lowest BCUT2D eigenvalue weighted by Gasteiger charge is -2.35. The molecule has 1 saturated heterocycles. The van der Waals surface area contributed by atoms with Gasteiger partial charge >= 0.3 is 0 Å². The number of anilines is 1. The van der Waals surface area contributed by atoms with E-state index in [9.17, 15) is 4.79 Å². The number of hydrogen-bond donors (Lipinski definition) is 2. The molecule has 2 rings (SSSR count). The second-order valence-electron chi connectivity index (χ2n) is 5.49. The summed E-state index contributed by atoms with van der Waals surface area (Å²) in [7, 11) is 0. The predicted octanol–water partition coefficient (Wildman–Crippen LogP) is 2.40. The third-order valence-corrected chi connectivity index (χ3v) is 4.07. The van der Waals surface area contributed by atoms with Gasteiger partial charge in [0.05, 0.1) is 11.1 Å². The summed E-state index contributed by atoms with van der Waals surface area (Å²) in [6.45, 7) is 7.65. The monoisotopic (exact) mass is 265 g/mol. The number of carbonyl (C=O) groups excluding carboxylic acids is 1. The molecule has 1 aromatic rings. The summed E-state index contributed by atoms with van der Waals surface area (Å²) in [6, 6.07) is 0. The average Bonchev–Trinajstić information content (AvgIpc) is 2.72. The molecule has 1 unspecified atom stereocenters. The molecule has 19 heavy (non-hydrogen) atoms. The molecule has 2 N–H and O–H groups in total. The summed E-state index contributed by atoms with van der Waals surface area (Å²) in [6.07, 6.45) is 3.88. The highest BCUT2D eigenvalue weighted by Gasteiger charge is 2.39. The van der Waals surface area contributed by atoms with E-state index in [0.717, 1.165) is 50.0 Å². The molecule has 0 bridgehead atoms. The SMILES string of the molecule is CCCC1(C(=O)Nc2onc(C)c2C)CCCNC1. The van der Waals surface area contributed by atoms with Gasteiger partial charge in [0.15, 0.2) is 0 Å². The van der Waals surface area contributed by atoms with Gasteiger partial charge in [0.2, 0.25) is 11.8 Å². The van der Waals surface area contributed by atoms with Crippen LogP contribution in [0.5, 0.6) is 0 Å². The molecule has 0 spiro atoms. The molecule has 0 aromatic carbocycles. The number of piperidine rings is 1. The van der Waals surface area contributed by atoms with Gasteiger partial charge in [0.1, 0.15) is 0 Å². The average molecular weight is 265 g/mol. The maximum Gasteiger partial charge on any atom is 0.234 e. The molecule has 2 heterocycles. The van der Waals surface area contributed by atoms with Crippen LogP contribution in [-0.2, 0) is 4.79 Å². The predicted molar refractivity (Wildman–Crippen MR) is 74.1 cm³/mol. The van der Waals surface area contributed by atoms with E-state index in [1.165, 1.54) is 0 Å². The van der Waals surface area contributed by atoms with E-state index in [1.54, 1.807) is 0 Å². The fourth-order valence-corrected chi connectivity index (χ4v) is 2.73. The Hall–Kier alpha value is -1.36. The number of aryl methyl sites for hydroxylation is 1. The van der Waals surface area contributed by atoms with Crippen LogP contribution in [0.4, 0.5) is 5.88 Å². The van der Waals surface area contributed by atoms with Crippen molar-refractivity contribution in [3.63, 3.8) is 0 Å². The summed E-state index contributed by atoms with van der Waals surface area (Å²) < 4.78 is 5.18. The van der Waals surface area contributed by atoms with Crippen molar-refractivity contribution in [3.05, 3.63) is 11.3 Å². The summed E-state index contributed by atoms with van der Waals surface area (Å²) in [5.74, 6) is 0.546. The molecule has 1 amide bonds. The van der Waals surface area contributed by atoms with E-state index in [0.29, 0.717) is 5.88 Å². The number of rotatable bonds is 4. The fraction of sp³-hybridized carbons (Fsp3) is 0.714. The van der Waals surface area contributed by atoms with Gasteiger partial charge in [0.25, 0.3) is 0 Å². The third kappa shape index (κ3) is 2.81. The standard InChI is InChI=1S/C14H23N3O2/c1-4-6-14(7-5-8-15-9-14)13(18)16-12-10(2)11(3)17-19-12/h15H,4-9H2,1-3H3,(H,16,18). The van der Waals surface area contributed by atoms with Gasteiger partial charge in [-0.05, 0) is 39.7 Å². The van der Waals surface area contributed by atoms with Crippen LogP contribution in [0, 0.1) is 19.3 Å². The Morgan fingerprint density at radius 1 is 1.53 bits per heavy atom. The largest absolute Gasteiger partial charge is 0.338 e. The topological polar surface area (TPSA) is 67.2 Å². The molecule has 1 atom stereocenters. The maximum absolute atomic E-state index is 12.6.